The Balaban J connectivity index is 1.69. The van der Waals surface area contributed by atoms with Crippen LogP contribution in [0.5, 0.6) is 0 Å². The van der Waals surface area contributed by atoms with E-state index in [9.17, 15) is 0 Å². The number of likely N-dealkylation sites (tertiary alicyclic amines) is 1. The lowest BCUT2D eigenvalue weighted by atomic mass is 9.68. The quantitative estimate of drug-likeness (QED) is 0.625. The summed E-state index contributed by atoms with van der Waals surface area (Å²) in [4.78, 5) is 3.08. The molecule has 1 saturated heterocycles. The second-order valence-electron chi connectivity index (χ2n) is 9.82. The van der Waals surface area contributed by atoms with Crippen LogP contribution in [-0.4, -0.2) is 23.5 Å². The van der Waals surface area contributed by atoms with Gasteiger partial charge in [-0.3, -0.25) is 4.90 Å². The SMILES string of the molecule is CC(C)C[C@H]1[C@@H]2CCC[C@@H]2CC1(C1CCCC1)N1CCCCC1. The Labute approximate surface area is 144 Å². The lowest BCUT2D eigenvalue weighted by Gasteiger charge is -2.53. The number of hydrogen-bond donors (Lipinski definition) is 0. The Morgan fingerprint density at radius 3 is 2.30 bits per heavy atom. The van der Waals surface area contributed by atoms with Crippen molar-refractivity contribution < 1.29 is 0 Å². The van der Waals surface area contributed by atoms with Gasteiger partial charge in [-0.15, -0.1) is 0 Å². The largest absolute Gasteiger partial charge is 0.297 e. The maximum absolute atomic E-state index is 3.08. The van der Waals surface area contributed by atoms with E-state index < -0.39 is 0 Å². The molecule has 132 valence electrons. The van der Waals surface area contributed by atoms with Gasteiger partial charge in [-0.25, -0.2) is 0 Å². The van der Waals surface area contributed by atoms with Crippen molar-refractivity contribution in [2.24, 2.45) is 29.6 Å². The van der Waals surface area contributed by atoms with Gasteiger partial charge in [0, 0.05) is 5.54 Å². The maximum atomic E-state index is 3.08. The Bertz CT molecular complexity index is 391. The zero-order valence-electron chi connectivity index (χ0n) is 15.7. The molecule has 4 atom stereocenters. The summed E-state index contributed by atoms with van der Waals surface area (Å²) in [5, 5.41) is 0. The molecular formula is C22H39N. The summed E-state index contributed by atoms with van der Waals surface area (Å²) < 4.78 is 0. The van der Waals surface area contributed by atoms with Crippen LogP contribution in [-0.2, 0) is 0 Å². The summed E-state index contributed by atoms with van der Waals surface area (Å²) in [5.41, 5.74) is 0.622. The molecule has 1 nitrogen and oxygen atoms in total. The topological polar surface area (TPSA) is 3.24 Å². The highest BCUT2D eigenvalue weighted by Gasteiger charge is 2.60. The molecule has 4 fully saturated rings. The van der Waals surface area contributed by atoms with Crippen LogP contribution in [0.3, 0.4) is 0 Å². The predicted molar refractivity (Wildman–Crippen MR) is 98.5 cm³/mol. The van der Waals surface area contributed by atoms with Crippen molar-refractivity contribution in [2.75, 3.05) is 13.1 Å². The van der Waals surface area contributed by atoms with Crippen LogP contribution in [0, 0.1) is 29.6 Å². The van der Waals surface area contributed by atoms with Gasteiger partial charge in [0.05, 0.1) is 0 Å². The highest BCUT2D eigenvalue weighted by atomic mass is 15.2. The molecule has 0 aromatic heterocycles. The molecule has 3 aliphatic carbocycles. The molecule has 1 aliphatic heterocycles. The van der Waals surface area contributed by atoms with Crippen LogP contribution in [0.2, 0.25) is 0 Å². The lowest BCUT2D eigenvalue weighted by Crippen LogP contribution is -2.58. The van der Waals surface area contributed by atoms with E-state index in [1.807, 2.05) is 0 Å². The molecule has 0 radical (unpaired) electrons. The zero-order chi connectivity index (χ0) is 15.9. The lowest BCUT2D eigenvalue weighted by molar-refractivity contribution is -0.0300. The third kappa shape index (κ3) is 2.79. The Morgan fingerprint density at radius 2 is 1.61 bits per heavy atom. The first kappa shape index (κ1) is 16.4. The van der Waals surface area contributed by atoms with Gasteiger partial charge in [0.1, 0.15) is 0 Å². The average molecular weight is 318 g/mol. The summed E-state index contributed by atoms with van der Waals surface area (Å²) >= 11 is 0. The minimum Gasteiger partial charge on any atom is -0.297 e. The standard InChI is InChI=1S/C22H39N/c1-17(2)15-21-20-12-8-9-18(20)16-22(21,19-10-4-5-11-19)23-13-6-3-7-14-23/h17-21H,3-16H2,1-2H3/t18-,20-,21+,22?/m1/s1. The highest BCUT2D eigenvalue weighted by Crippen LogP contribution is 2.61. The van der Waals surface area contributed by atoms with E-state index in [2.05, 4.69) is 18.7 Å². The summed E-state index contributed by atoms with van der Waals surface area (Å²) in [6.07, 6.45) is 18.3. The zero-order valence-corrected chi connectivity index (χ0v) is 15.7. The van der Waals surface area contributed by atoms with Crippen molar-refractivity contribution in [3.8, 4) is 0 Å². The Morgan fingerprint density at radius 1 is 0.870 bits per heavy atom. The van der Waals surface area contributed by atoms with Crippen molar-refractivity contribution in [1.29, 1.82) is 0 Å². The van der Waals surface area contributed by atoms with E-state index in [-0.39, 0.29) is 0 Å². The fraction of sp³-hybridized carbons (Fsp3) is 1.00. The number of rotatable bonds is 4. The van der Waals surface area contributed by atoms with E-state index >= 15 is 0 Å². The van der Waals surface area contributed by atoms with Crippen LogP contribution in [0.25, 0.3) is 0 Å². The van der Waals surface area contributed by atoms with E-state index in [1.54, 1.807) is 32.1 Å². The van der Waals surface area contributed by atoms with E-state index in [1.165, 1.54) is 58.0 Å². The molecule has 4 aliphatic rings. The molecule has 0 amide bonds. The van der Waals surface area contributed by atoms with Gasteiger partial charge < -0.3 is 0 Å². The first-order valence-corrected chi connectivity index (χ1v) is 11.0. The van der Waals surface area contributed by atoms with E-state index in [0.29, 0.717) is 5.54 Å². The van der Waals surface area contributed by atoms with Crippen molar-refractivity contribution in [1.82, 2.24) is 4.90 Å². The average Bonchev–Trinajstić information content (AvgIpc) is 3.25. The first-order valence-electron chi connectivity index (χ1n) is 11.0. The Hall–Kier alpha value is -0.0400. The monoisotopic (exact) mass is 317 g/mol. The van der Waals surface area contributed by atoms with Gasteiger partial charge >= 0.3 is 0 Å². The number of fused-ring (bicyclic) bond motifs is 1. The molecule has 1 heterocycles. The van der Waals surface area contributed by atoms with Crippen LogP contribution in [0.4, 0.5) is 0 Å². The van der Waals surface area contributed by atoms with Crippen LogP contribution in [0.15, 0.2) is 0 Å². The van der Waals surface area contributed by atoms with Crippen molar-refractivity contribution in [2.45, 2.75) is 96.4 Å². The maximum Gasteiger partial charge on any atom is 0.0271 e. The highest BCUT2D eigenvalue weighted by molar-refractivity contribution is 5.13. The third-order valence-corrected chi connectivity index (χ3v) is 8.20. The number of piperidine rings is 1. The fourth-order valence-corrected chi connectivity index (χ4v) is 7.50. The van der Waals surface area contributed by atoms with Gasteiger partial charge in [-0.05, 0) is 87.6 Å². The second-order valence-corrected chi connectivity index (χ2v) is 9.82. The van der Waals surface area contributed by atoms with E-state index in [4.69, 9.17) is 0 Å². The van der Waals surface area contributed by atoms with E-state index in [0.717, 1.165) is 29.6 Å². The van der Waals surface area contributed by atoms with Crippen LogP contribution >= 0.6 is 0 Å². The molecule has 0 aromatic carbocycles. The smallest absolute Gasteiger partial charge is 0.0271 e. The van der Waals surface area contributed by atoms with Crippen LogP contribution in [0.1, 0.15) is 90.9 Å². The Kier molecular flexibility index (Phi) is 4.78. The van der Waals surface area contributed by atoms with Gasteiger partial charge in [0.2, 0.25) is 0 Å². The molecule has 3 saturated carbocycles. The van der Waals surface area contributed by atoms with Gasteiger partial charge in [0.15, 0.2) is 0 Å². The molecular weight excluding hydrogens is 278 g/mol. The number of nitrogens with zero attached hydrogens (tertiary/aromatic N) is 1. The summed E-state index contributed by atoms with van der Waals surface area (Å²) in [5.74, 6) is 5.11. The molecule has 0 bridgehead atoms. The fourth-order valence-electron chi connectivity index (χ4n) is 7.50. The molecule has 0 N–H and O–H groups in total. The minimum absolute atomic E-state index is 0.622. The molecule has 23 heavy (non-hydrogen) atoms. The van der Waals surface area contributed by atoms with Crippen LogP contribution < -0.4 is 0 Å². The summed E-state index contributed by atoms with van der Waals surface area (Å²) in [6, 6.07) is 0. The summed E-state index contributed by atoms with van der Waals surface area (Å²) in [7, 11) is 0. The van der Waals surface area contributed by atoms with Crippen molar-refractivity contribution in [3.63, 3.8) is 0 Å². The molecule has 1 heteroatoms. The number of hydrogen-bond acceptors (Lipinski definition) is 1. The normalized spacial score (nSPS) is 42.7. The predicted octanol–water partition coefficient (Wildman–Crippen LogP) is 5.88. The molecule has 0 aromatic rings. The first-order chi connectivity index (χ1) is 11.2. The molecule has 0 spiro atoms. The second kappa shape index (κ2) is 6.70. The van der Waals surface area contributed by atoms with Gasteiger partial charge in [0.25, 0.3) is 0 Å². The molecule has 4 rings (SSSR count). The van der Waals surface area contributed by atoms with Gasteiger partial charge in [-0.1, -0.05) is 46.0 Å². The summed E-state index contributed by atoms with van der Waals surface area (Å²) in [6.45, 7) is 7.81. The third-order valence-electron chi connectivity index (χ3n) is 8.20. The van der Waals surface area contributed by atoms with Crippen molar-refractivity contribution in [3.05, 3.63) is 0 Å². The van der Waals surface area contributed by atoms with Crippen molar-refractivity contribution >= 4 is 0 Å². The minimum atomic E-state index is 0.622. The molecule has 1 unspecified atom stereocenters. The van der Waals surface area contributed by atoms with Gasteiger partial charge in [-0.2, -0.15) is 0 Å².